The van der Waals surface area contributed by atoms with Crippen molar-refractivity contribution in [3.63, 3.8) is 0 Å². The lowest BCUT2D eigenvalue weighted by atomic mass is 10.2. The van der Waals surface area contributed by atoms with Gasteiger partial charge in [-0.2, -0.15) is 0 Å². The first-order valence-corrected chi connectivity index (χ1v) is 5.09. The van der Waals surface area contributed by atoms with E-state index in [1.165, 1.54) is 24.5 Å². The summed E-state index contributed by atoms with van der Waals surface area (Å²) in [6.07, 6.45) is 3.44. The molecule has 0 aliphatic heterocycles. The van der Waals surface area contributed by atoms with Gasteiger partial charge in [-0.15, -0.1) is 0 Å². The van der Waals surface area contributed by atoms with Crippen molar-refractivity contribution in [2.24, 2.45) is 0 Å². The van der Waals surface area contributed by atoms with Gasteiger partial charge in [-0.3, -0.25) is 9.78 Å². The summed E-state index contributed by atoms with van der Waals surface area (Å²) in [6.45, 7) is 0. The molecule has 0 saturated carbocycles. The number of halogens is 2. The first-order valence-electron chi connectivity index (χ1n) is 4.71. The van der Waals surface area contributed by atoms with Crippen LogP contribution in [0.1, 0.15) is 10.4 Å². The first-order chi connectivity index (χ1) is 8.17. The van der Waals surface area contributed by atoms with Crippen molar-refractivity contribution in [1.29, 1.82) is 0 Å². The van der Waals surface area contributed by atoms with Crippen LogP contribution >= 0.6 is 11.6 Å². The van der Waals surface area contributed by atoms with Crippen LogP contribution in [0.4, 0.5) is 4.39 Å². The van der Waals surface area contributed by atoms with Gasteiger partial charge in [0.25, 0.3) is 0 Å². The third kappa shape index (κ3) is 3.01. The van der Waals surface area contributed by atoms with Gasteiger partial charge in [-0.1, -0.05) is 11.6 Å². The van der Waals surface area contributed by atoms with Crippen molar-refractivity contribution in [1.82, 2.24) is 4.98 Å². The predicted octanol–water partition coefficient (Wildman–Crippen LogP) is 3.48. The molecule has 0 N–H and O–H groups in total. The summed E-state index contributed by atoms with van der Waals surface area (Å²) in [5.41, 5.74) is 0.204. The second kappa shape index (κ2) is 4.93. The summed E-state index contributed by atoms with van der Waals surface area (Å²) in [7, 11) is 0. The molecule has 1 aromatic heterocycles. The van der Waals surface area contributed by atoms with Crippen molar-refractivity contribution in [3.05, 3.63) is 53.1 Å². The Bertz CT molecular complexity index is 560. The lowest BCUT2D eigenvalue weighted by Crippen LogP contribution is -1.89. The van der Waals surface area contributed by atoms with Crippen LogP contribution < -0.4 is 4.74 Å². The normalized spacial score (nSPS) is 10.0. The molecule has 2 aromatic rings. The maximum atomic E-state index is 13.1. The monoisotopic (exact) mass is 251 g/mol. The van der Waals surface area contributed by atoms with Gasteiger partial charge in [-0.25, -0.2) is 4.39 Å². The van der Waals surface area contributed by atoms with Gasteiger partial charge in [-0.05, 0) is 12.1 Å². The van der Waals surface area contributed by atoms with Crippen molar-refractivity contribution in [2.75, 3.05) is 0 Å². The Hall–Kier alpha value is -1.94. The van der Waals surface area contributed by atoms with E-state index in [4.69, 9.17) is 16.3 Å². The van der Waals surface area contributed by atoms with Crippen LogP contribution in [0, 0.1) is 5.82 Å². The van der Waals surface area contributed by atoms with E-state index in [2.05, 4.69) is 4.98 Å². The highest BCUT2D eigenvalue weighted by molar-refractivity contribution is 6.30. The molecule has 0 amide bonds. The Morgan fingerprint density at radius 2 is 2.00 bits per heavy atom. The maximum absolute atomic E-state index is 13.1. The van der Waals surface area contributed by atoms with E-state index in [0.717, 1.165) is 6.07 Å². The van der Waals surface area contributed by atoms with Gasteiger partial charge in [0.05, 0.1) is 11.2 Å². The highest BCUT2D eigenvalue weighted by atomic mass is 35.5. The highest BCUT2D eigenvalue weighted by Crippen LogP contribution is 2.24. The second-order valence-corrected chi connectivity index (χ2v) is 3.72. The quantitative estimate of drug-likeness (QED) is 0.784. The zero-order valence-corrected chi connectivity index (χ0v) is 9.32. The molecule has 0 spiro atoms. The van der Waals surface area contributed by atoms with Crippen LogP contribution in [-0.2, 0) is 0 Å². The topological polar surface area (TPSA) is 39.2 Å². The number of ether oxygens (including phenoxy) is 1. The number of rotatable bonds is 3. The molecular formula is C12H7ClFNO2. The molecule has 17 heavy (non-hydrogen) atoms. The highest BCUT2D eigenvalue weighted by Gasteiger charge is 2.03. The number of hydrogen-bond donors (Lipinski definition) is 0. The number of hydrogen-bond acceptors (Lipinski definition) is 3. The average Bonchev–Trinajstić information content (AvgIpc) is 2.28. The van der Waals surface area contributed by atoms with E-state index in [0.29, 0.717) is 17.1 Å². The fourth-order valence-corrected chi connectivity index (χ4v) is 1.46. The van der Waals surface area contributed by atoms with Crippen LogP contribution in [0.25, 0.3) is 0 Å². The Labute approximate surface area is 102 Å². The molecule has 1 heterocycles. The number of nitrogens with zero attached hydrogens (tertiary/aromatic N) is 1. The Kier molecular flexibility index (Phi) is 3.35. The van der Waals surface area contributed by atoms with Crippen LogP contribution in [0.2, 0.25) is 5.02 Å². The molecule has 0 aliphatic rings. The van der Waals surface area contributed by atoms with Crippen molar-refractivity contribution in [3.8, 4) is 11.5 Å². The molecule has 2 rings (SSSR count). The summed E-state index contributed by atoms with van der Waals surface area (Å²) in [5.74, 6) is 0.0516. The van der Waals surface area contributed by atoms with Crippen LogP contribution in [0.3, 0.4) is 0 Å². The minimum atomic E-state index is -0.542. The zero-order valence-electron chi connectivity index (χ0n) is 8.56. The Morgan fingerprint density at radius 1 is 1.18 bits per heavy atom. The van der Waals surface area contributed by atoms with Gasteiger partial charge in [0, 0.05) is 23.9 Å². The van der Waals surface area contributed by atoms with E-state index in [1.54, 1.807) is 6.07 Å². The molecule has 0 radical (unpaired) electrons. The van der Waals surface area contributed by atoms with E-state index >= 15 is 0 Å². The number of carbonyl (C=O) groups is 1. The molecule has 3 nitrogen and oxygen atoms in total. The summed E-state index contributed by atoms with van der Waals surface area (Å²) in [6, 6.07) is 5.26. The summed E-state index contributed by atoms with van der Waals surface area (Å²) in [4.78, 5) is 14.4. The molecular weight excluding hydrogens is 245 g/mol. The predicted molar refractivity (Wildman–Crippen MR) is 61.1 cm³/mol. The molecule has 0 atom stereocenters. The number of aldehydes is 1. The number of carbonyl (C=O) groups excluding carboxylic acids is 1. The van der Waals surface area contributed by atoms with E-state index in [1.807, 2.05) is 0 Å². The van der Waals surface area contributed by atoms with Crippen LogP contribution in [0.15, 0.2) is 36.7 Å². The van der Waals surface area contributed by atoms with E-state index < -0.39 is 5.82 Å². The van der Waals surface area contributed by atoms with Crippen LogP contribution in [-0.4, -0.2) is 11.3 Å². The summed E-state index contributed by atoms with van der Waals surface area (Å²) < 4.78 is 18.5. The number of benzene rings is 1. The van der Waals surface area contributed by atoms with Gasteiger partial charge in [0.15, 0.2) is 0 Å². The molecule has 0 fully saturated rings. The number of pyridine rings is 1. The standard InChI is InChI=1S/C12H7ClFNO2/c13-9-3-12(6-15-5-9)17-11-2-8(7-16)1-10(14)4-11/h1-7H. The Morgan fingerprint density at radius 3 is 2.71 bits per heavy atom. The zero-order chi connectivity index (χ0) is 12.3. The summed E-state index contributed by atoms with van der Waals surface area (Å²) in [5, 5.41) is 0.412. The third-order valence-corrected chi connectivity index (χ3v) is 2.15. The van der Waals surface area contributed by atoms with E-state index in [-0.39, 0.29) is 11.3 Å². The molecule has 86 valence electrons. The molecule has 0 unspecified atom stereocenters. The van der Waals surface area contributed by atoms with E-state index in [9.17, 15) is 9.18 Å². The molecule has 0 aliphatic carbocycles. The lowest BCUT2D eigenvalue weighted by Gasteiger charge is -2.06. The third-order valence-electron chi connectivity index (χ3n) is 1.95. The summed E-state index contributed by atoms with van der Waals surface area (Å²) >= 11 is 5.73. The fraction of sp³-hybridized carbons (Fsp3) is 0. The van der Waals surface area contributed by atoms with Crippen molar-refractivity contribution < 1.29 is 13.9 Å². The minimum Gasteiger partial charge on any atom is -0.456 e. The molecule has 1 aromatic carbocycles. The lowest BCUT2D eigenvalue weighted by molar-refractivity contribution is 0.112. The largest absolute Gasteiger partial charge is 0.456 e. The average molecular weight is 252 g/mol. The van der Waals surface area contributed by atoms with Gasteiger partial charge in [0.1, 0.15) is 23.6 Å². The maximum Gasteiger partial charge on any atom is 0.150 e. The smallest absolute Gasteiger partial charge is 0.150 e. The molecule has 5 heteroatoms. The van der Waals surface area contributed by atoms with Gasteiger partial charge >= 0.3 is 0 Å². The van der Waals surface area contributed by atoms with Gasteiger partial charge in [0.2, 0.25) is 0 Å². The number of aromatic nitrogens is 1. The minimum absolute atomic E-state index is 0.204. The van der Waals surface area contributed by atoms with Gasteiger partial charge < -0.3 is 4.74 Å². The molecule has 0 bridgehead atoms. The molecule has 0 saturated heterocycles. The fourth-order valence-electron chi connectivity index (χ4n) is 1.30. The first kappa shape index (κ1) is 11.5. The Balaban J connectivity index is 2.29. The second-order valence-electron chi connectivity index (χ2n) is 3.28. The SMILES string of the molecule is O=Cc1cc(F)cc(Oc2cncc(Cl)c2)c1. The van der Waals surface area contributed by atoms with Crippen molar-refractivity contribution in [2.45, 2.75) is 0 Å². The van der Waals surface area contributed by atoms with Crippen LogP contribution in [0.5, 0.6) is 11.5 Å². The van der Waals surface area contributed by atoms with Crippen molar-refractivity contribution >= 4 is 17.9 Å².